The summed E-state index contributed by atoms with van der Waals surface area (Å²) < 4.78 is 0. The van der Waals surface area contributed by atoms with E-state index in [1.165, 1.54) is 22.7 Å². The fourth-order valence-electron chi connectivity index (χ4n) is 3.33. The number of hydrogen-bond acceptors (Lipinski definition) is 3. The van der Waals surface area contributed by atoms with E-state index in [0.717, 1.165) is 16.8 Å². The number of H-pyrrole nitrogens is 1. The first-order valence-corrected chi connectivity index (χ1v) is 10.8. The third-order valence-electron chi connectivity index (χ3n) is 4.92. The predicted molar refractivity (Wildman–Crippen MR) is 122 cm³/mol. The van der Waals surface area contributed by atoms with Crippen LogP contribution in [0.2, 0.25) is 0 Å². The van der Waals surface area contributed by atoms with Crippen molar-refractivity contribution < 1.29 is 9.59 Å². The maximum Gasteiger partial charge on any atom is 0.251 e. The number of hydrogen-bond donors (Lipinski definition) is 2. The fourth-order valence-corrected chi connectivity index (χ4v) is 4.18. The SMILES string of the molecule is O=C(CSc1cccc(C(=O)NCCc2c[nH]c3ccccc23)c1)c1ccccc1. The highest BCUT2D eigenvalue weighted by atomic mass is 32.2. The van der Waals surface area contributed by atoms with Crippen molar-refractivity contribution in [1.82, 2.24) is 10.3 Å². The van der Waals surface area contributed by atoms with Gasteiger partial charge in [-0.3, -0.25) is 9.59 Å². The first kappa shape index (κ1) is 20.0. The van der Waals surface area contributed by atoms with Gasteiger partial charge in [0.15, 0.2) is 5.78 Å². The van der Waals surface area contributed by atoms with E-state index in [1.807, 2.05) is 72.9 Å². The molecule has 0 saturated carbocycles. The highest BCUT2D eigenvalue weighted by molar-refractivity contribution is 8.00. The maximum atomic E-state index is 12.6. The number of benzene rings is 3. The number of fused-ring (bicyclic) bond motifs is 1. The van der Waals surface area contributed by atoms with Gasteiger partial charge < -0.3 is 10.3 Å². The summed E-state index contributed by atoms with van der Waals surface area (Å²) in [7, 11) is 0. The minimum Gasteiger partial charge on any atom is -0.361 e. The first-order chi connectivity index (χ1) is 14.7. The third kappa shape index (κ3) is 4.81. The van der Waals surface area contributed by atoms with Crippen molar-refractivity contribution in [3.63, 3.8) is 0 Å². The number of amides is 1. The van der Waals surface area contributed by atoms with Crippen LogP contribution in [0.25, 0.3) is 10.9 Å². The molecule has 150 valence electrons. The molecule has 1 amide bonds. The summed E-state index contributed by atoms with van der Waals surface area (Å²) in [6, 6.07) is 24.8. The number of Topliss-reactive ketones (excluding diaryl/α,β-unsaturated/α-hetero) is 1. The van der Waals surface area contributed by atoms with Crippen molar-refractivity contribution in [3.8, 4) is 0 Å². The quantitative estimate of drug-likeness (QED) is 0.311. The average molecular weight is 415 g/mol. The number of thioether (sulfide) groups is 1. The van der Waals surface area contributed by atoms with Gasteiger partial charge >= 0.3 is 0 Å². The fraction of sp³-hybridized carbons (Fsp3) is 0.120. The standard InChI is InChI=1S/C25H22N2O2S/c28-24(18-7-2-1-3-8-18)17-30-21-10-6-9-19(15-21)25(29)26-14-13-20-16-27-23-12-5-4-11-22(20)23/h1-12,15-16,27H,13-14,17H2,(H,26,29). The largest absolute Gasteiger partial charge is 0.361 e. The number of rotatable bonds is 8. The van der Waals surface area contributed by atoms with E-state index in [-0.39, 0.29) is 11.7 Å². The Morgan fingerprint density at radius 3 is 2.50 bits per heavy atom. The molecule has 30 heavy (non-hydrogen) atoms. The molecule has 0 saturated heterocycles. The second kappa shape index (κ2) is 9.46. The number of carbonyl (C=O) groups is 2. The molecule has 5 heteroatoms. The number of carbonyl (C=O) groups excluding carboxylic acids is 2. The summed E-state index contributed by atoms with van der Waals surface area (Å²) in [4.78, 5) is 29.0. The van der Waals surface area contributed by atoms with E-state index < -0.39 is 0 Å². The van der Waals surface area contributed by atoms with Gasteiger partial charge in [0, 0.05) is 39.7 Å². The molecular weight excluding hydrogens is 392 g/mol. The maximum absolute atomic E-state index is 12.6. The van der Waals surface area contributed by atoms with Gasteiger partial charge in [-0.1, -0.05) is 54.6 Å². The van der Waals surface area contributed by atoms with Crippen molar-refractivity contribution in [2.45, 2.75) is 11.3 Å². The Hall–Kier alpha value is -3.31. The number of aromatic amines is 1. The number of para-hydroxylation sites is 1. The van der Waals surface area contributed by atoms with Crippen LogP contribution in [-0.2, 0) is 6.42 Å². The van der Waals surface area contributed by atoms with E-state index in [1.54, 1.807) is 6.07 Å². The number of ketones is 1. The summed E-state index contributed by atoms with van der Waals surface area (Å²) in [5.74, 6) is 0.316. The van der Waals surface area contributed by atoms with Crippen LogP contribution in [0.3, 0.4) is 0 Å². The van der Waals surface area contributed by atoms with Gasteiger partial charge in [0.1, 0.15) is 0 Å². The minimum absolute atomic E-state index is 0.0779. The van der Waals surface area contributed by atoms with Crippen LogP contribution >= 0.6 is 11.8 Å². The molecule has 0 atom stereocenters. The summed E-state index contributed by atoms with van der Waals surface area (Å²) in [5.41, 5.74) is 3.60. The lowest BCUT2D eigenvalue weighted by molar-refractivity contribution is 0.0953. The Bertz CT molecular complexity index is 1170. The average Bonchev–Trinajstić information content (AvgIpc) is 3.21. The molecular formula is C25H22N2O2S. The van der Waals surface area contributed by atoms with Crippen molar-refractivity contribution in [2.24, 2.45) is 0 Å². The number of nitrogens with one attached hydrogen (secondary N) is 2. The van der Waals surface area contributed by atoms with Gasteiger partial charge in [0.25, 0.3) is 5.91 Å². The van der Waals surface area contributed by atoms with Crippen molar-refractivity contribution in [3.05, 3.63) is 102 Å². The van der Waals surface area contributed by atoms with Gasteiger partial charge in [-0.15, -0.1) is 11.8 Å². The third-order valence-corrected chi connectivity index (χ3v) is 5.91. The smallest absolute Gasteiger partial charge is 0.251 e. The van der Waals surface area contributed by atoms with Crippen LogP contribution in [-0.4, -0.2) is 29.0 Å². The van der Waals surface area contributed by atoms with Gasteiger partial charge in [0.2, 0.25) is 0 Å². The topological polar surface area (TPSA) is 62.0 Å². The lowest BCUT2D eigenvalue weighted by Gasteiger charge is -2.07. The van der Waals surface area contributed by atoms with Crippen LogP contribution in [0.4, 0.5) is 0 Å². The van der Waals surface area contributed by atoms with Crippen LogP contribution in [0, 0.1) is 0 Å². The Morgan fingerprint density at radius 2 is 1.63 bits per heavy atom. The van der Waals surface area contributed by atoms with Crippen LogP contribution in [0.15, 0.2) is 90.0 Å². The Morgan fingerprint density at radius 1 is 0.867 bits per heavy atom. The van der Waals surface area contributed by atoms with Crippen LogP contribution < -0.4 is 5.32 Å². The molecule has 0 bridgehead atoms. The van der Waals surface area contributed by atoms with E-state index in [4.69, 9.17) is 0 Å². The first-order valence-electron chi connectivity index (χ1n) is 9.85. The van der Waals surface area contributed by atoms with E-state index in [9.17, 15) is 9.59 Å². The Labute approximate surface area is 179 Å². The second-order valence-electron chi connectivity index (χ2n) is 6.97. The van der Waals surface area contributed by atoms with Gasteiger partial charge in [0.05, 0.1) is 5.75 Å². The van der Waals surface area contributed by atoms with Crippen LogP contribution in [0.1, 0.15) is 26.3 Å². The predicted octanol–water partition coefficient (Wildman–Crippen LogP) is 5.12. The lowest BCUT2D eigenvalue weighted by Crippen LogP contribution is -2.25. The van der Waals surface area contributed by atoms with Crippen molar-refractivity contribution in [2.75, 3.05) is 12.3 Å². The molecule has 0 fully saturated rings. The molecule has 0 spiro atoms. The van der Waals surface area contributed by atoms with Crippen molar-refractivity contribution >= 4 is 34.4 Å². The summed E-state index contributed by atoms with van der Waals surface area (Å²) >= 11 is 1.44. The molecule has 0 aliphatic carbocycles. The summed E-state index contributed by atoms with van der Waals surface area (Å²) in [6.07, 6.45) is 2.76. The molecule has 0 unspecified atom stereocenters. The Balaban J connectivity index is 1.31. The van der Waals surface area contributed by atoms with Crippen molar-refractivity contribution in [1.29, 1.82) is 0 Å². The molecule has 4 aromatic rings. The van der Waals surface area contributed by atoms with E-state index in [0.29, 0.717) is 23.4 Å². The summed E-state index contributed by atoms with van der Waals surface area (Å²) in [6.45, 7) is 0.560. The molecule has 1 aromatic heterocycles. The van der Waals surface area contributed by atoms with E-state index in [2.05, 4.69) is 16.4 Å². The molecule has 0 aliphatic heterocycles. The monoisotopic (exact) mass is 414 g/mol. The molecule has 4 rings (SSSR count). The zero-order chi connectivity index (χ0) is 20.8. The normalized spacial score (nSPS) is 10.8. The van der Waals surface area contributed by atoms with Gasteiger partial charge in [-0.25, -0.2) is 0 Å². The highest BCUT2D eigenvalue weighted by Crippen LogP contribution is 2.21. The highest BCUT2D eigenvalue weighted by Gasteiger charge is 2.10. The number of aromatic nitrogens is 1. The van der Waals surface area contributed by atoms with Crippen LogP contribution in [0.5, 0.6) is 0 Å². The molecule has 4 nitrogen and oxygen atoms in total. The lowest BCUT2D eigenvalue weighted by atomic mass is 10.1. The zero-order valence-corrected chi connectivity index (χ0v) is 17.2. The molecule has 1 heterocycles. The molecule has 2 N–H and O–H groups in total. The van der Waals surface area contributed by atoms with Gasteiger partial charge in [-0.05, 0) is 36.2 Å². The Kier molecular flexibility index (Phi) is 6.30. The summed E-state index contributed by atoms with van der Waals surface area (Å²) in [5, 5.41) is 4.18. The van der Waals surface area contributed by atoms with Gasteiger partial charge in [-0.2, -0.15) is 0 Å². The van der Waals surface area contributed by atoms with E-state index >= 15 is 0 Å². The molecule has 3 aromatic carbocycles. The zero-order valence-electron chi connectivity index (χ0n) is 16.4. The molecule has 0 aliphatic rings. The minimum atomic E-state index is -0.105. The molecule has 0 radical (unpaired) electrons. The second-order valence-corrected chi connectivity index (χ2v) is 8.02.